The number of carbonyl (C=O) groups excluding carboxylic acids is 1. The van der Waals surface area contributed by atoms with Gasteiger partial charge in [0.15, 0.2) is 4.96 Å². The molecule has 0 saturated heterocycles. The molecule has 0 atom stereocenters. The third-order valence-corrected chi connectivity index (χ3v) is 6.10. The Bertz CT molecular complexity index is 886. The van der Waals surface area contributed by atoms with Crippen molar-refractivity contribution in [1.29, 1.82) is 0 Å². The van der Waals surface area contributed by atoms with Crippen molar-refractivity contribution in [3.05, 3.63) is 57.3 Å². The van der Waals surface area contributed by atoms with Gasteiger partial charge in [-0.1, -0.05) is 23.7 Å². The van der Waals surface area contributed by atoms with E-state index in [1.54, 1.807) is 28.0 Å². The number of thiazole rings is 1. The van der Waals surface area contributed by atoms with Gasteiger partial charge in [0.2, 0.25) is 5.91 Å². The largest absolute Gasteiger partial charge is 0.339 e. The molecule has 0 spiro atoms. The van der Waals surface area contributed by atoms with Gasteiger partial charge >= 0.3 is 0 Å². The van der Waals surface area contributed by atoms with Crippen LogP contribution in [0.25, 0.3) is 4.96 Å². The third-order valence-electron chi connectivity index (χ3n) is 3.96. The summed E-state index contributed by atoms with van der Waals surface area (Å²) in [6, 6.07) is 7.74. The Hall–Kier alpha value is -1.50. The van der Waals surface area contributed by atoms with Crippen LogP contribution in [0.2, 0.25) is 5.02 Å². The zero-order valence-electron chi connectivity index (χ0n) is 14.5. The SMILES string of the molecule is Cc1cn2c(CN(C)C(=O)CSCc3ccc(Cl)cc3)c(C)nc2s1. The van der Waals surface area contributed by atoms with Gasteiger partial charge in [-0.05, 0) is 31.5 Å². The first-order chi connectivity index (χ1) is 11.9. The van der Waals surface area contributed by atoms with Gasteiger partial charge in [-0.2, -0.15) is 0 Å². The second-order valence-corrected chi connectivity index (χ2v) is 8.64. The van der Waals surface area contributed by atoms with Gasteiger partial charge in [0.25, 0.3) is 0 Å². The maximum atomic E-state index is 12.4. The number of imidazole rings is 1. The third kappa shape index (κ3) is 4.37. The van der Waals surface area contributed by atoms with Crippen LogP contribution < -0.4 is 0 Å². The fourth-order valence-corrected chi connectivity index (χ4v) is 4.50. The van der Waals surface area contributed by atoms with Crippen LogP contribution in [-0.4, -0.2) is 33.0 Å². The van der Waals surface area contributed by atoms with Crippen molar-refractivity contribution in [1.82, 2.24) is 14.3 Å². The number of carbonyl (C=O) groups is 1. The van der Waals surface area contributed by atoms with Gasteiger partial charge in [0, 0.05) is 28.9 Å². The number of benzene rings is 1. The van der Waals surface area contributed by atoms with Gasteiger partial charge in [-0.15, -0.1) is 23.1 Å². The van der Waals surface area contributed by atoms with Crippen LogP contribution in [0.1, 0.15) is 21.8 Å². The van der Waals surface area contributed by atoms with Gasteiger partial charge < -0.3 is 4.90 Å². The second-order valence-electron chi connectivity index (χ2n) is 6.01. The fourth-order valence-electron chi connectivity index (χ4n) is 2.56. The van der Waals surface area contributed by atoms with Crippen molar-refractivity contribution in [3.8, 4) is 0 Å². The predicted octanol–water partition coefficient (Wildman–Crippen LogP) is 4.56. The first-order valence-electron chi connectivity index (χ1n) is 7.94. The van der Waals surface area contributed by atoms with Crippen molar-refractivity contribution >= 4 is 45.6 Å². The molecule has 0 N–H and O–H groups in total. The molecule has 0 unspecified atom stereocenters. The van der Waals surface area contributed by atoms with Crippen molar-refractivity contribution in [3.63, 3.8) is 0 Å². The molecule has 0 bridgehead atoms. The van der Waals surface area contributed by atoms with Crippen molar-refractivity contribution in [2.24, 2.45) is 0 Å². The van der Waals surface area contributed by atoms with Crippen LogP contribution in [-0.2, 0) is 17.1 Å². The summed E-state index contributed by atoms with van der Waals surface area (Å²) in [6.45, 7) is 4.64. The zero-order valence-corrected chi connectivity index (χ0v) is 16.8. The van der Waals surface area contributed by atoms with Crippen LogP contribution in [0.4, 0.5) is 0 Å². The Labute approximate surface area is 160 Å². The molecule has 3 aromatic rings. The predicted molar refractivity (Wildman–Crippen MR) is 107 cm³/mol. The summed E-state index contributed by atoms with van der Waals surface area (Å²) in [5.41, 5.74) is 3.24. The number of fused-ring (bicyclic) bond motifs is 1. The van der Waals surface area contributed by atoms with Crippen molar-refractivity contribution in [2.75, 3.05) is 12.8 Å². The molecule has 7 heteroatoms. The molecule has 25 heavy (non-hydrogen) atoms. The van der Waals surface area contributed by atoms with E-state index in [2.05, 4.69) is 22.5 Å². The summed E-state index contributed by atoms with van der Waals surface area (Å²) >= 11 is 9.18. The zero-order chi connectivity index (χ0) is 18.0. The summed E-state index contributed by atoms with van der Waals surface area (Å²) in [6.07, 6.45) is 2.09. The summed E-state index contributed by atoms with van der Waals surface area (Å²) in [5.74, 6) is 1.39. The van der Waals surface area contributed by atoms with E-state index in [-0.39, 0.29) is 5.91 Å². The molecule has 3 rings (SSSR count). The van der Waals surface area contributed by atoms with Gasteiger partial charge in [0.1, 0.15) is 0 Å². The Balaban J connectivity index is 1.56. The normalized spacial score (nSPS) is 11.2. The lowest BCUT2D eigenvalue weighted by Crippen LogP contribution is -2.28. The molecule has 2 aromatic heterocycles. The van der Waals surface area contributed by atoms with E-state index >= 15 is 0 Å². The molecule has 2 heterocycles. The van der Waals surface area contributed by atoms with Crippen LogP contribution in [0.3, 0.4) is 0 Å². The molecule has 4 nitrogen and oxygen atoms in total. The number of halogens is 1. The molecule has 132 valence electrons. The van der Waals surface area contributed by atoms with Gasteiger partial charge in [0.05, 0.1) is 23.7 Å². The maximum absolute atomic E-state index is 12.4. The summed E-state index contributed by atoms with van der Waals surface area (Å²) in [7, 11) is 1.85. The highest BCUT2D eigenvalue weighted by atomic mass is 35.5. The molecule has 0 fully saturated rings. The molecule has 1 amide bonds. The summed E-state index contributed by atoms with van der Waals surface area (Å²) in [5, 5.41) is 0.732. The number of amides is 1. The highest BCUT2D eigenvalue weighted by Gasteiger charge is 2.16. The quantitative estimate of drug-likeness (QED) is 0.616. The van der Waals surface area contributed by atoms with Crippen molar-refractivity contribution < 1.29 is 4.79 Å². The lowest BCUT2D eigenvalue weighted by Gasteiger charge is -2.17. The Morgan fingerprint density at radius 3 is 2.76 bits per heavy atom. The second kappa shape index (κ2) is 7.81. The van der Waals surface area contributed by atoms with Crippen molar-refractivity contribution in [2.45, 2.75) is 26.1 Å². The topological polar surface area (TPSA) is 37.6 Å². The standard InChI is InChI=1S/C18H20ClN3OS2/c1-12-8-22-16(13(2)20-18(22)25-12)9-21(3)17(23)11-24-10-14-4-6-15(19)7-5-14/h4-8H,9-11H2,1-3H3. The minimum atomic E-state index is 0.125. The van der Waals surface area contributed by atoms with E-state index in [1.165, 1.54) is 10.4 Å². The highest BCUT2D eigenvalue weighted by Crippen LogP contribution is 2.22. The van der Waals surface area contributed by atoms with E-state index in [4.69, 9.17) is 11.6 Å². The summed E-state index contributed by atoms with van der Waals surface area (Å²) < 4.78 is 2.10. The number of thioether (sulfide) groups is 1. The molecule has 0 saturated carbocycles. The van der Waals surface area contributed by atoms with Gasteiger partial charge in [-0.3, -0.25) is 9.20 Å². The molecular formula is C18H20ClN3OS2. The summed E-state index contributed by atoms with van der Waals surface area (Å²) in [4.78, 5) is 21.0. The van der Waals surface area contributed by atoms with Crippen LogP contribution >= 0.6 is 34.7 Å². The number of rotatable bonds is 6. The van der Waals surface area contributed by atoms with Crippen LogP contribution in [0.5, 0.6) is 0 Å². The number of hydrogen-bond donors (Lipinski definition) is 0. The van der Waals surface area contributed by atoms with E-state index in [0.717, 1.165) is 27.1 Å². The molecule has 0 aliphatic carbocycles. The average Bonchev–Trinajstić information content (AvgIpc) is 3.06. The number of hydrogen-bond acceptors (Lipinski definition) is 4. The molecular weight excluding hydrogens is 374 g/mol. The monoisotopic (exact) mass is 393 g/mol. The minimum Gasteiger partial charge on any atom is -0.339 e. The van der Waals surface area contributed by atoms with Crippen LogP contribution in [0.15, 0.2) is 30.5 Å². The van der Waals surface area contributed by atoms with E-state index < -0.39 is 0 Å². The highest BCUT2D eigenvalue weighted by molar-refractivity contribution is 7.99. The van der Waals surface area contributed by atoms with E-state index in [0.29, 0.717) is 12.3 Å². The molecule has 0 radical (unpaired) electrons. The Morgan fingerprint density at radius 1 is 1.32 bits per heavy atom. The molecule has 0 aliphatic heterocycles. The Morgan fingerprint density at radius 2 is 2.04 bits per heavy atom. The molecule has 1 aromatic carbocycles. The van der Waals surface area contributed by atoms with Crippen LogP contribution in [0, 0.1) is 13.8 Å². The van der Waals surface area contributed by atoms with Gasteiger partial charge in [-0.25, -0.2) is 4.98 Å². The minimum absolute atomic E-state index is 0.125. The molecule has 0 aliphatic rings. The average molecular weight is 394 g/mol. The van der Waals surface area contributed by atoms with E-state index in [9.17, 15) is 4.79 Å². The fraction of sp³-hybridized carbons (Fsp3) is 0.333. The number of aromatic nitrogens is 2. The van der Waals surface area contributed by atoms with E-state index in [1.807, 2.05) is 38.2 Å². The lowest BCUT2D eigenvalue weighted by molar-refractivity contribution is -0.127. The Kier molecular flexibility index (Phi) is 5.71. The number of nitrogens with zero attached hydrogens (tertiary/aromatic N) is 3. The lowest BCUT2D eigenvalue weighted by atomic mass is 10.2. The maximum Gasteiger partial charge on any atom is 0.232 e. The first kappa shape index (κ1) is 18.3. The smallest absolute Gasteiger partial charge is 0.232 e. The first-order valence-corrected chi connectivity index (χ1v) is 10.3. The number of aryl methyl sites for hydroxylation is 2.